The molecule has 2 aromatic carbocycles. The van der Waals surface area contributed by atoms with Crippen LogP contribution in [0.4, 0.5) is 11.4 Å². The number of benzene rings is 2. The number of nitro benzene ring substituents is 1. The van der Waals surface area contributed by atoms with Crippen LogP contribution in [0.2, 0.25) is 0 Å². The van der Waals surface area contributed by atoms with E-state index in [9.17, 15) is 29.9 Å². The summed E-state index contributed by atoms with van der Waals surface area (Å²) in [6.45, 7) is 10.5. The van der Waals surface area contributed by atoms with Crippen LogP contribution in [0.3, 0.4) is 0 Å². The van der Waals surface area contributed by atoms with Crippen molar-refractivity contribution in [1.29, 1.82) is 0 Å². The highest BCUT2D eigenvalue weighted by Crippen LogP contribution is 2.41. The maximum absolute atomic E-state index is 13.5. The first kappa shape index (κ1) is 34.1. The Labute approximate surface area is 258 Å². The van der Waals surface area contributed by atoms with Crippen LogP contribution in [-0.4, -0.2) is 58.6 Å². The topological polar surface area (TPSA) is 152 Å². The zero-order valence-electron chi connectivity index (χ0n) is 26.1. The molecule has 0 spiro atoms. The van der Waals surface area contributed by atoms with Crippen LogP contribution >= 0.6 is 0 Å². The van der Waals surface area contributed by atoms with Crippen molar-refractivity contribution in [3.05, 3.63) is 69.4 Å². The number of rotatable bonds is 15. The second kappa shape index (κ2) is 15.9. The van der Waals surface area contributed by atoms with E-state index in [2.05, 4.69) is 11.9 Å². The van der Waals surface area contributed by atoms with Crippen molar-refractivity contribution in [2.24, 2.45) is 10.9 Å². The van der Waals surface area contributed by atoms with E-state index >= 15 is 0 Å². The SMILES string of the molecule is CCCN(CCCCCCOC(=O)C1=C(C)N=C(C)C(C(=O)OC(C)C)C1c1cccc([N+](=O)[O-])c1)c1cccc(O)c1O. The molecular formula is C33H43N3O8. The number of phenolic OH excluding ortho intramolecular Hbond substituents is 2. The first-order chi connectivity index (χ1) is 21.0. The third-order valence-electron chi connectivity index (χ3n) is 7.48. The van der Waals surface area contributed by atoms with Gasteiger partial charge in [0, 0.05) is 42.5 Å². The average molecular weight is 610 g/mol. The lowest BCUT2D eigenvalue weighted by atomic mass is 9.75. The molecule has 0 amide bonds. The summed E-state index contributed by atoms with van der Waals surface area (Å²) in [6, 6.07) is 10.9. The predicted octanol–water partition coefficient (Wildman–Crippen LogP) is 6.43. The smallest absolute Gasteiger partial charge is 0.336 e. The van der Waals surface area contributed by atoms with Crippen molar-refractivity contribution in [3.63, 3.8) is 0 Å². The van der Waals surface area contributed by atoms with Crippen molar-refractivity contribution >= 4 is 29.0 Å². The number of anilines is 1. The lowest BCUT2D eigenvalue weighted by Crippen LogP contribution is -2.37. The number of allylic oxidation sites excluding steroid dienone is 1. The largest absolute Gasteiger partial charge is 0.504 e. The number of phenols is 2. The number of esters is 2. The summed E-state index contributed by atoms with van der Waals surface area (Å²) in [5, 5.41) is 31.7. The molecule has 3 rings (SSSR count). The Morgan fingerprint density at radius 3 is 2.43 bits per heavy atom. The normalized spacial score (nSPS) is 16.5. The third kappa shape index (κ3) is 8.58. The van der Waals surface area contributed by atoms with Crippen LogP contribution in [0.5, 0.6) is 11.5 Å². The van der Waals surface area contributed by atoms with E-state index in [4.69, 9.17) is 9.47 Å². The van der Waals surface area contributed by atoms with Gasteiger partial charge >= 0.3 is 11.9 Å². The second-order valence-electron chi connectivity index (χ2n) is 11.2. The molecule has 0 saturated heterocycles. The fourth-order valence-electron chi connectivity index (χ4n) is 5.50. The van der Waals surface area contributed by atoms with Crippen LogP contribution in [0.1, 0.15) is 78.2 Å². The van der Waals surface area contributed by atoms with E-state index in [0.29, 0.717) is 35.6 Å². The molecule has 44 heavy (non-hydrogen) atoms. The highest BCUT2D eigenvalue weighted by atomic mass is 16.6. The number of para-hydroxylation sites is 1. The number of nitro groups is 1. The molecule has 0 radical (unpaired) electrons. The van der Waals surface area contributed by atoms with E-state index in [1.807, 2.05) is 4.90 Å². The number of nitrogens with zero attached hydrogens (tertiary/aromatic N) is 3. The maximum atomic E-state index is 13.5. The molecule has 11 heteroatoms. The number of unbranched alkanes of at least 4 members (excludes halogenated alkanes) is 3. The maximum Gasteiger partial charge on any atom is 0.336 e. The van der Waals surface area contributed by atoms with Gasteiger partial charge in [-0.05, 0) is 71.1 Å². The summed E-state index contributed by atoms with van der Waals surface area (Å²) >= 11 is 0. The van der Waals surface area contributed by atoms with Gasteiger partial charge in [0.1, 0.15) is 5.92 Å². The molecule has 2 unspecified atom stereocenters. The molecule has 2 atom stereocenters. The number of hydrogen-bond donors (Lipinski definition) is 2. The predicted molar refractivity (Wildman–Crippen MR) is 168 cm³/mol. The summed E-state index contributed by atoms with van der Waals surface area (Å²) in [7, 11) is 0. The fraction of sp³-hybridized carbons (Fsp3) is 0.485. The van der Waals surface area contributed by atoms with Gasteiger partial charge in [-0.15, -0.1) is 0 Å². The van der Waals surface area contributed by atoms with Gasteiger partial charge in [-0.3, -0.25) is 19.9 Å². The van der Waals surface area contributed by atoms with Crippen LogP contribution in [0.15, 0.2) is 58.7 Å². The van der Waals surface area contributed by atoms with E-state index in [0.717, 1.165) is 32.2 Å². The molecule has 11 nitrogen and oxygen atoms in total. The molecule has 0 fully saturated rings. The van der Waals surface area contributed by atoms with Gasteiger partial charge in [0.25, 0.3) is 5.69 Å². The van der Waals surface area contributed by atoms with E-state index < -0.39 is 34.8 Å². The molecule has 0 aromatic heterocycles. The number of hydrogen-bond acceptors (Lipinski definition) is 10. The second-order valence-corrected chi connectivity index (χ2v) is 11.2. The first-order valence-corrected chi connectivity index (χ1v) is 15.1. The van der Waals surface area contributed by atoms with Crippen LogP contribution in [-0.2, 0) is 19.1 Å². The number of ether oxygens (including phenoxy) is 2. The van der Waals surface area contributed by atoms with E-state index in [-0.39, 0.29) is 29.4 Å². The minimum Gasteiger partial charge on any atom is -0.504 e. The number of aromatic hydroxyl groups is 2. The number of carbonyl (C=O) groups is 2. The van der Waals surface area contributed by atoms with Crippen molar-refractivity contribution in [1.82, 2.24) is 0 Å². The molecule has 1 heterocycles. The Morgan fingerprint density at radius 2 is 1.75 bits per heavy atom. The minimum absolute atomic E-state index is 0.122. The highest BCUT2D eigenvalue weighted by Gasteiger charge is 2.43. The molecular weight excluding hydrogens is 566 g/mol. The van der Waals surface area contributed by atoms with Gasteiger partial charge in [-0.25, -0.2) is 4.79 Å². The quantitative estimate of drug-likeness (QED) is 0.0765. The number of carbonyl (C=O) groups excluding carboxylic acids is 2. The van der Waals surface area contributed by atoms with Crippen molar-refractivity contribution in [3.8, 4) is 11.5 Å². The van der Waals surface area contributed by atoms with Crippen molar-refractivity contribution in [2.75, 3.05) is 24.6 Å². The zero-order valence-corrected chi connectivity index (χ0v) is 26.1. The minimum atomic E-state index is -0.942. The number of non-ortho nitro benzene ring substituents is 1. The molecule has 0 aliphatic carbocycles. The zero-order chi connectivity index (χ0) is 32.4. The molecule has 1 aliphatic rings. The number of aliphatic imine (C=N–C) groups is 1. The van der Waals surface area contributed by atoms with Gasteiger partial charge in [-0.2, -0.15) is 0 Å². The van der Waals surface area contributed by atoms with Crippen LogP contribution in [0, 0.1) is 16.0 Å². The van der Waals surface area contributed by atoms with Gasteiger partial charge in [0.05, 0.1) is 28.9 Å². The molecule has 0 bridgehead atoms. The Hall–Kier alpha value is -4.41. The highest BCUT2D eigenvalue weighted by molar-refractivity contribution is 6.07. The van der Waals surface area contributed by atoms with Crippen molar-refractivity contribution in [2.45, 2.75) is 78.7 Å². The van der Waals surface area contributed by atoms with Crippen LogP contribution in [0.25, 0.3) is 0 Å². The molecule has 1 aliphatic heterocycles. The Kier molecular flexibility index (Phi) is 12.3. The van der Waals surface area contributed by atoms with E-state index in [1.165, 1.54) is 24.3 Å². The lowest BCUT2D eigenvalue weighted by Gasteiger charge is -2.32. The first-order valence-electron chi connectivity index (χ1n) is 15.1. The van der Waals surface area contributed by atoms with Gasteiger partial charge in [0.15, 0.2) is 11.5 Å². The Morgan fingerprint density at radius 1 is 1.05 bits per heavy atom. The van der Waals surface area contributed by atoms with E-state index in [1.54, 1.807) is 45.9 Å². The van der Waals surface area contributed by atoms with Crippen molar-refractivity contribution < 1.29 is 34.2 Å². The molecule has 2 aromatic rings. The van der Waals surface area contributed by atoms with Gasteiger partial charge in [0.2, 0.25) is 0 Å². The summed E-state index contributed by atoms with van der Waals surface area (Å²) in [5.41, 5.74) is 1.91. The summed E-state index contributed by atoms with van der Waals surface area (Å²) in [6.07, 6.45) is 3.61. The standard InChI is InChI=1S/C33H43N3O8/c1-6-17-35(26-15-12-16-27(37)31(26)38)18-9-7-8-10-19-43-32(39)28-22(4)34-23(5)29(33(40)44-21(2)3)30(28)24-13-11-14-25(20-24)36(41)42/h11-16,20-21,29-30,37-38H,6-10,17-19H2,1-5H3. The summed E-state index contributed by atoms with van der Waals surface area (Å²) in [4.78, 5) is 44.3. The summed E-state index contributed by atoms with van der Waals surface area (Å²) < 4.78 is 11.2. The molecule has 0 saturated carbocycles. The molecule has 2 N–H and O–H groups in total. The monoisotopic (exact) mass is 609 g/mol. The molecule has 238 valence electrons. The van der Waals surface area contributed by atoms with Gasteiger partial charge in [-0.1, -0.05) is 31.5 Å². The van der Waals surface area contributed by atoms with Gasteiger partial charge < -0.3 is 24.6 Å². The third-order valence-corrected chi connectivity index (χ3v) is 7.48. The Bertz CT molecular complexity index is 1400. The fourth-order valence-corrected chi connectivity index (χ4v) is 5.50. The lowest BCUT2D eigenvalue weighted by molar-refractivity contribution is -0.384. The Balaban J connectivity index is 1.67. The average Bonchev–Trinajstić information content (AvgIpc) is 2.96. The summed E-state index contributed by atoms with van der Waals surface area (Å²) in [5.74, 6) is -3.25. The van der Waals surface area contributed by atoms with Crippen LogP contribution < -0.4 is 4.90 Å².